The Morgan fingerprint density at radius 1 is 1.38 bits per heavy atom. The SMILES string of the molecule is CCCNCc1cn(C2CCOC3(CCOCC3)C2)nn1. The number of nitrogens with zero attached hydrogens (tertiary/aromatic N) is 3. The zero-order chi connectivity index (χ0) is 14.5. The van der Waals surface area contributed by atoms with Gasteiger partial charge in [0.25, 0.3) is 0 Å². The van der Waals surface area contributed by atoms with E-state index < -0.39 is 0 Å². The summed E-state index contributed by atoms with van der Waals surface area (Å²) in [6.07, 6.45) is 7.28. The van der Waals surface area contributed by atoms with Gasteiger partial charge in [0.1, 0.15) is 0 Å². The zero-order valence-electron chi connectivity index (χ0n) is 12.9. The summed E-state index contributed by atoms with van der Waals surface area (Å²) in [7, 11) is 0. The lowest BCUT2D eigenvalue weighted by Crippen LogP contribution is -2.44. The molecule has 1 N–H and O–H groups in total. The Morgan fingerprint density at radius 3 is 3.05 bits per heavy atom. The molecule has 0 saturated carbocycles. The molecule has 118 valence electrons. The van der Waals surface area contributed by atoms with Crippen LogP contribution in [0.4, 0.5) is 0 Å². The summed E-state index contributed by atoms with van der Waals surface area (Å²) in [5.74, 6) is 0. The first kappa shape index (κ1) is 14.9. The van der Waals surface area contributed by atoms with Gasteiger partial charge in [0.05, 0.1) is 23.5 Å². The lowest BCUT2D eigenvalue weighted by atomic mass is 9.84. The summed E-state index contributed by atoms with van der Waals surface area (Å²) >= 11 is 0. The first-order valence-corrected chi connectivity index (χ1v) is 8.14. The van der Waals surface area contributed by atoms with Crippen LogP contribution in [0.25, 0.3) is 0 Å². The standard InChI is InChI=1S/C15H26N4O2/c1-2-6-16-11-13-12-19(18-17-13)14-3-7-21-15(10-14)4-8-20-9-5-15/h12,14,16H,2-11H2,1H3. The fraction of sp³-hybridized carbons (Fsp3) is 0.867. The van der Waals surface area contributed by atoms with Gasteiger partial charge >= 0.3 is 0 Å². The third kappa shape index (κ3) is 3.62. The highest BCUT2D eigenvalue weighted by Gasteiger charge is 2.39. The van der Waals surface area contributed by atoms with Crippen LogP contribution in [0.15, 0.2) is 6.20 Å². The van der Waals surface area contributed by atoms with Gasteiger partial charge in [-0.3, -0.25) is 0 Å². The maximum Gasteiger partial charge on any atom is 0.0964 e. The molecule has 0 bridgehead atoms. The second kappa shape index (κ2) is 6.85. The quantitative estimate of drug-likeness (QED) is 0.837. The van der Waals surface area contributed by atoms with E-state index in [2.05, 4.69) is 28.7 Å². The van der Waals surface area contributed by atoms with E-state index in [0.29, 0.717) is 6.04 Å². The Kier molecular flexibility index (Phi) is 4.87. The summed E-state index contributed by atoms with van der Waals surface area (Å²) in [5.41, 5.74) is 1.03. The van der Waals surface area contributed by atoms with E-state index in [-0.39, 0.29) is 5.60 Å². The Hall–Kier alpha value is -0.980. The van der Waals surface area contributed by atoms with E-state index in [4.69, 9.17) is 9.47 Å². The molecule has 2 aliphatic rings. The van der Waals surface area contributed by atoms with E-state index in [0.717, 1.165) is 70.7 Å². The van der Waals surface area contributed by atoms with Crippen LogP contribution in [0.3, 0.4) is 0 Å². The maximum absolute atomic E-state index is 6.09. The van der Waals surface area contributed by atoms with Gasteiger partial charge in [0.15, 0.2) is 0 Å². The molecule has 1 spiro atoms. The van der Waals surface area contributed by atoms with Crippen molar-refractivity contribution in [1.82, 2.24) is 20.3 Å². The lowest BCUT2D eigenvalue weighted by molar-refractivity contribution is -0.145. The summed E-state index contributed by atoms with van der Waals surface area (Å²) in [6, 6.07) is 0.407. The maximum atomic E-state index is 6.09. The summed E-state index contributed by atoms with van der Waals surface area (Å²) < 4.78 is 13.6. The summed E-state index contributed by atoms with van der Waals surface area (Å²) in [5, 5.41) is 12.0. The molecule has 2 aliphatic heterocycles. The lowest BCUT2D eigenvalue weighted by Gasteiger charge is -2.43. The number of aromatic nitrogens is 3. The van der Waals surface area contributed by atoms with Crippen molar-refractivity contribution in [3.63, 3.8) is 0 Å². The van der Waals surface area contributed by atoms with Crippen LogP contribution in [-0.4, -0.2) is 47.0 Å². The largest absolute Gasteiger partial charge is 0.381 e. The fourth-order valence-electron chi connectivity index (χ4n) is 3.29. The molecule has 3 heterocycles. The van der Waals surface area contributed by atoms with Crippen molar-refractivity contribution in [2.24, 2.45) is 0 Å². The van der Waals surface area contributed by atoms with Gasteiger partial charge in [-0.05, 0) is 38.6 Å². The van der Waals surface area contributed by atoms with Crippen molar-refractivity contribution in [2.75, 3.05) is 26.4 Å². The van der Waals surface area contributed by atoms with Crippen LogP contribution in [0.1, 0.15) is 50.8 Å². The molecule has 1 atom stereocenters. The van der Waals surface area contributed by atoms with Gasteiger partial charge < -0.3 is 14.8 Å². The summed E-state index contributed by atoms with van der Waals surface area (Å²) in [6.45, 7) is 6.43. The molecule has 6 heteroatoms. The monoisotopic (exact) mass is 294 g/mol. The highest BCUT2D eigenvalue weighted by Crippen LogP contribution is 2.38. The van der Waals surface area contributed by atoms with Crippen LogP contribution < -0.4 is 5.32 Å². The van der Waals surface area contributed by atoms with E-state index in [9.17, 15) is 0 Å². The van der Waals surface area contributed by atoms with Crippen molar-refractivity contribution in [1.29, 1.82) is 0 Å². The molecule has 1 unspecified atom stereocenters. The topological polar surface area (TPSA) is 61.2 Å². The van der Waals surface area contributed by atoms with Gasteiger partial charge in [-0.2, -0.15) is 0 Å². The molecular formula is C15H26N4O2. The van der Waals surface area contributed by atoms with Gasteiger partial charge in [-0.1, -0.05) is 12.1 Å². The molecule has 1 aromatic rings. The number of hydrogen-bond acceptors (Lipinski definition) is 5. The average Bonchev–Trinajstić information content (AvgIpc) is 2.97. The Labute approximate surface area is 126 Å². The molecule has 0 amide bonds. The van der Waals surface area contributed by atoms with Gasteiger partial charge in [0.2, 0.25) is 0 Å². The molecule has 2 fully saturated rings. The van der Waals surface area contributed by atoms with Crippen molar-refractivity contribution < 1.29 is 9.47 Å². The third-order valence-corrected chi connectivity index (χ3v) is 4.54. The highest BCUT2D eigenvalue weighted by atomic mass is 16.5. The second-order valence-corrected chi connectivity index (χ2v) is 6.16. The average molecular weight is 294 g/mol. The predicted molar refractivity (Wildman–Crippen MR) is 79.0 cm³/mol. The van der Waals surface area contributed by atoms with E-state index in [1.807, 2.05) is 4.68 Å². The number of rotatable bonds is 5. The Bertz CT molecular complexity index is 437. The van der Waals surface area contributed by atoms with Crippen LogP contribution in [0.5, 0.6) is 0 Å². The van der Waals surface area contributed by atoms with Crippen molar-refractivity contribution in [3.8, 4) is 0 Å². The Morgan fingerprint density at radius 2 is 2.24 bits per heavy atom. The van der Waals surface area contributed by atoms with Crippen LogP contribution >= 0.6 is 0 Å². The minimum atomic E-state index is 0.00768. The van der Waals surface area contributed by atoms with Crippen molar-refractivity contribution in [3.05, 3.63) is 11.9 Å². The van der Waals surface area contributed by atoms with Gasteiger partial charge in [-0.15, -0.1) is 5.10 Å². The zero-order valence-corrected chi connectivity index (χ0v) is 12.9. The molecule has 0 radical (unpaired) electrons. The Balaban J connectivity index is 1.60. The molecule has 0 aromatic carbocycles. The van der Waals surface area contributed by atoms with Gasteiger partial charge in [-0.25, -0.2) is 4.68 Å². The smallest absolute Gasteiger partial charge is 0.0964 e. The van der Waals surface area contributed by atoms with Gasteiger partial charge in [0, 0.05) is 26.4 Å². The minimum Gasteiger partial charge on any atom is -0.381 e. The van der Waals surface area contributed by atoms with Crippen molar-refractivity contribution in [2.45, 2.75) is 57.2 Å². The fourth-order valence-corrected chi connectivity index (χ4v) is 3.29. The summed E-state index contributed by atoms with van der Waals surface area (Å²) in [4.78, 5) is 0. The number of hydrogen-bond donors (Lipinski definition) is 1. The highest BCUT2D eigenvalue weighted by molar-refractivity contribution is 4.96. The van der Waals surface area contributed by atoms with E-state index in [1.165, 1.54) is 0 Å². The van der Waals surface area contributed by atoms with Crippen molar-refractivity contribution >= 4 is 0 Å². The van der Waals surface area contributed by atoms with E-state index >= 15 is 0 Å². The predicted octanol–water partition coefficient (Wildman–Crippen LogP) is 1.68. The first-order valence-electron chi connectivity index (χ1n) is 8.14. The molecule has 0 aliphatic carbocycles. The second-order valence-electron chi connectivity index (χ2n) is 6.16. The molecular weight excluding hydrogens is 268 g/mol. The third-order valence-electron chi connectivity index (χ3n) is 4.54. The first-order chi connectivity index (χ1) is 10.3. The minimum absolute atomic E-state index is 0.00768. The molecule has 21 heavy (non-hydrogen) atoms. The molecule has 6 nitrogen and oxygen atoms in total. The van der Waals surface area contributed by atoms with E-state index in [1.54, 1.807) is 0 Å². The normalized spacial score (nSPS) is 25.3. The number of nitrogens with one attached hydrogen (secondary N) is 1. The molecule has 1 aromatic heterocycles. The van der Waals surface area contributed by atoms with Crippen LogP contribution in [0, 0.1) is 0 Å². The number of ether oxygens (including phenoxy) is 2. The van der Waals surface area contributed by atoms with Crippen LogP contribution in [-0.2, 0) is 16.0 Å². The molecule has 2 saturated heterocycles. The molecule has 3 rings (SSSR count). The van der Waals surface area contributed by atoms with Crippen LogP contribution in [0.2, 0.25) is 0 Å².